The molecule has 1 aliphatic heterocycles. The second kappa shape index (κ2) is 5.03. The van der Waals surface area contributed by atoms with E-state index in [-0.39, 0.29) is 11.6 Å². The van der Waals surface area contributed by atoms with E-state index in [1.54, 1.807) is 19.1 Å². The van der Waals surface area contributed by atoms with Gasteiger partial charge in [0.2, 0.25) is 5.91 Å². The Hall–Kier alpha value is -2.11. The molecule has 1 aromatic carbocycles. The van der Waals surface area contributed by atoms with Crippen LogP contribution >= 0.6 is 0 Å². The number of nitrogens with zero attached hydrogens (tertiary/aromatic N) is 1. The molecule has 1 heterocycles. The van der Waals surface area contributed by atoms with Gasteiger partial charge in [0, 0.05) is 13.1 Å². The molecule has 5 nitrogen and oxygen atoms in total. The number of amides is 3. The summed E-state index contributed by atoms with van der Waals surface area (Å²) < 4.78 is 13.4. The molecule has 1 atom stereocenters. The van der Waals surface area contributed by atoms with Gasteiger partial charge in [0.05, 0.1) is 5.69 Å². The Balaban J connectivity index is 2.08. The highest BCUT2D eigenvalue weighted by Crippen LogP contribution is 2.14. The van der Waals surface area contributed by atoms with Gasteiger partial charge >= 0.3 is 6.03 Å². The van der Waals surface area contributed by atoms with Crippen LogP contribution in [0.25, 0.3) is 0 Å². The highest BCUT2D eigenvalue weighted by molar-refractivity contribution is 5.94. The van der Waals surface area contributed by atoms with Crippen molar-refractivity contribution in [3.63, 3.8) is 0 Å². The van der Waals surface area contributed by atoms with Crippen molar-refractivity contribution in [2.75, 3.05) is 18.4 Å². The molecule has 0 radical (unpaired) electrons. The summed E-state index contributed by atoms with van der Waals surface area (Å²) in [5, 5.41) is 5.12. The smallest absolute Gasteiger partial charge is 0.322 e. The number of halogens is 1. The molecule has 0 aromatic heterocycles. The number of hydrogen-bond donors (Lipinski definition) is 2. The fourth-order valence-corrected chi connectivity index (χ4v) is 1.81. The summed E-state index contributed by atoms with van der Waals surface area (Å²) in [4.78, 5) is 24.7. The van der Waals surface area contributed by atoms with E-state index in [1.165, 1.54) is 17.0 Å². The predicted molar refractivity (Wildman–Crippen MR) is 64.6 cm³/mol. The highest BCUT2D eigenvalue weighted by atomic mass is 19.1. The molecule has 3 amide bonds. The number of hydrogen-bond acceptors (Lipinski definition) is 2. The summed E-state index contributed by atoms with van der Waals surface area (Å²) >= 11 is 0. The van der Waals surface area contributed by atoms with Crippen molar-refractivity contribution >= 4 is 17.6 Å². The molecule has 1 fully saturated rings. The van der Waals surface area contributed by atoms with Crippen LogP contribution in [0.4, 0.5) is 14.9 Å². The summed E-state index contributed by atoms with van der Waals surface area (Å²) in [6.07, 6.45) is 0. The first-order chi connectivity index (χ1) is 8.59. The van der Waals surface area contributed by atoms with Crippen molar-refractivity contribution in [1.82, 2.24) is 10.2 Å². The van der Waals surface area contributed by atoms with Crippen LogP contribution in [0, 0.1) is 5.82 Å². The van der Waals surface area contributed by atoms with Crippen molar-refractivity contribution in [3.8, 4) is 0 Å². The minimum absolute atomic E-state index is 0.112. The van der Waals surface area contributed by atoms with Crippen LogP contribution in [-0.4, -0.2) is 36.0 Å². The zero-order valence-corrected chi connectivity index (χ0v) is 9.94. The van der Waals surface area contributed by atoms with Gasteiger partial charge in [0.1, 0.15) is 11.9 Å². The van der Waals surface area contributed by atoms with E-state index in [1.807, 2.05) is 0 Å². The van der Waals surface area contributed by atoms with Crippen LogP contribution in [0.5, 0.6) is 0 Å². The molecular weight excluding hydrogens is 237 g/mol. The Morgan fingerprint density at radius 1 is 1.50 bits per heavy atom. The van der Waals surface area contributed by atoms with E-state index >= 15 is 0 Å². The van der Waals surface area contributed by atoms with Crippen molar-refractivity contribution in [3.05, 3.63) is 30.1 Å². The molecular formula is C12H14FN3O2. The topological polar surface area (TPSA) is 61.4 Å². The standard InChI is InChI=1S/C12H14FN3O2/c1-8-11(17)14-6-7-16(8)12(18)15-10-5-3-2-4-9(10)13/h2-5,8H,6-7H2,1H3,(H,14,17)(H,15,18). The number of carbonyl (C=O) groups excluding carboxylic acids is 2. The van der Waals surface area contributed by atoms with Crippen LogP contribution in [-0.2, 0) is 4.79 Å². The minimum atomic E-state index is -0.550. The molecule has 1 unspecified atom stereocenters. The molecule has 96 valence electrons. The van der Waals surface area contributed by atoms with Crippen molar-refractivity contribution < 1.29 is 14.0 Å². The van der Waals surface area contributed by atoms with E-state index < -0.39 is 17.9 Å². The molecule has 2 rings (SSSR count). The third kappa shape index (κ3) is 2.42. The maximum Gasteiger partial charge on any atom is 0.322 e. The number of para-hydroxylation sites is 1. The third-order valence-electron chi connectivity index (χ3n) is 2.88. The SMILES string of the molecule is CC1C(=O)NCCN1C(=O)Nc1ccccc1F. The largest absolute Gasteiger partial charge is 0.353 e. The maximum atomic E-state index is 13.4. The first-order valence-electron chi connectivity index (χ1n) is 5.69. The van der Waals surface area contributed by atoms with E-state index in [0.717, 1.165) is 0 Å². The molecule has 0 bridgehead atoms. The van der Waals surface area contributed by atoms with Crippen LogP contribution in [0.2, 0.25) is 0 Å². The summed E-state index contributed by atoms with van der Waals surface area (Å²) in [6.45, 7) is 2.45. The molecule has 0 aliphatic carbocycles. The summed E-state index contributed by atoms with van der Waals surface area (Å²) in [5.41, 5.74) is 0.112. The van der Waals surface area contributed by atoms with E-state index in [2.05, 4.69) is 10.6 Å². The molecule has 0 saturated carbocycles. The Bertz CT molecular complexity index is 478. The lowest BCUT2D eigenvalue weighted by molar-refractivity contribution is -0.126. The van der Waals surface area contributed by atoms with Gasteiger partial charge in [-0.2, -0.15) is 0 Å². The first kappa shape index (κ1) is 12.3. The lowest BCUT2D eigenvalue weighted by Crippen LogP contribution is -2.56. The number of anilines is 1. The molecule has 18 heavy (non-hydrogen) atoms. The molecule has 1 saturated heterocycles. The normalized spacial score (nSPS) is 19.3. The van der Waals surface area contributed by atoms with E-state index in [0.29, 0.717) is 13.1 Å². The summed E-state index contributed by atoms with van der Waals surface area (Å²) in [5.74, 6) is -0.704. The average molecular weight is 251 g/mol. The van der Waals surface area contributed by atoms with Crippen molar-refractivity contribution in [2.24, 2.45) is 0 Å². The van der Waals surface area contributed by atoms with Crippen molar-refractivity contribution in [1.29, 1.82) is 0 Å². The van der Waals surface area contributed by atoms with Gasteiger partial charge in [-0.25, -0.2) is 9.18 Å². The molecule has 6 heteroatoms. The number of carbonyl (C=O) groups is 2. The van der Waals surface area contributed by atoms with Crippen LogP contribution in [0.1, 0.15) is 6.92 Å². The molecule has 1 aliphatic rings. The third-order valence-corrected chi connectivity index (χ3v) is 2.88. The monoisotopic (exact) mass is 251 g/mol. The average Bonchev–Trinajstić information content (AvgIpc) is 2.35. The lowest BCUT2D eigenvalue weighted by atomic mass is 10.2. The Morgan fingerprint density at radius 2 is 2.22 bits per heavy atom. The first-order valence-corrected chi connectivity index (χ1v) is 5.69. The Morgan fingerprint density at radius 3 is 2.94 bits per heavy atom. The van der Waals surface area contributed by atoms with E-state index in [9.17, 15) is 14.0 Å². The predicted octanol–water partition coefficient (Wildman–Crippen LogP) is 1.18. The Kier molecular flexibility index (Phi) is 3.45. The highest BCUT2D eigenvalue weighted by Gasteiger charge is 2.29. The van der Waals surface area contributed by atoms with Gasteiger partial charge < -0.3 is 15.5 Å². The second-order valence-corrected chi connectivity index (χ2v) is 4.07. The maximum absolute atomic E-state index is 13.4. The Labute approximate surface area is 104 Å². The second-order valence-electron chi connectivity index (χ2n) is 4.07. The number of urea groups is 1. The number of benzene rings is 1. The van der Waals surface area contributed by atoms with Gasteiger partial charge in [0.25, 0.3) is 0 Å². The van der Waals surface area contributed by atoms with Gasteiger partial charge in [-0.15, -0.1) is 0 Å². The number of rotatable bonds is 1. The fraction of sp³-hybridized carbons (Fsp3) is 0.333. The van der Waals surface area contributed by atoms with Gasteiger partial charge in [0.15, 0.2) is 0 Å². The van der Waals surface area contributed by atoms with Gasteiger partial charge in [-0.3, -0.25) is 4.79 Å². The zero-order chi connectivity index (χ0) is 13.1. The van der Waals surface area contributed by atoms with Gasteiger partial charge in [-0.1, -0.05) is 12.1 Å². The summed E-state index contributed by atoms with van der Waals surface area (Å²) in [6, 6.07) is 4.89. The van der Waals surface area contributed by atoms with Crippen LogP contribution in [0.3, 0.4) is 0 Å². The van der Waals surface area contributed by atoms with Crippen LogP contribution < -0.4 is 10.6 Å². The minimum Gasteiger partial charge on any atom is -0.353 e. The molecule has 2 N–H and O–H groups in total. The lowest BCUT2D eigenvalue weighted by Gasteiger charge is -2.32. The quantitative estimate of drug-likeness (QED) is 0.787. The zero-order valence-electron chi connectivity index (χ0n) is 9.94. The molecule has 0 spiro atoms. The molecule has 1 aromatic rings. The number of nitrogens with one attached hydrogen (secondary N) is 2. The summed E-state index contributed by atoms with van der Waals surface area (Å²) in [7, 11) is 0. The van der Waals surface area contributed by atoms with E-state index in [4.69, 9.17) is 0 Å². The number of piperazine rings is 1. The van der Waals surface area contributed by atoms with Crippen LogP contribution in [0.15, 0.2) is 24.3 Å². The van der Waals surface area contributed by atoms with Crippen molar-refractivity contribution in [2.45, 2.75) is 13.0 Å². The fourth-order valence-electron chi connectivity index (χ4n) is 1.81. The van der Waals surface area contributed by atoms with Gasteiger partial charge in [-0.05, 0) is 19.1 Å².